The number of hydrogen-bond donors (Lipinski definition) is 2. The highest BCUT2D eigenvalue weighted by Gasteiger charge is 2.05. The highest BCUT2D eigenvalue weighted by atomic mass is 19.1. The van der Waals surface area contributed by atoms with Gasteiger partial charge in [0.15, 0.2) is 11.6 Å². The van der Waals surface area contributed by atoms with Gasteiger partial charge in [0.2, 0.25) is 5.91 Å². The minimum atomic E-state index is -0.437. The van der Waals surface area contributed by atoms with Crippen molar-refractivity contribution in [3.63, 3.8) is 0 Å². The number of carbonyl (C=O) groups excluding carboxylic acids is 1. The van der Waals surface area contributed by atoms with Crippen LogP contribution in [0.2, 0.25) is 0 Å². The molecule has 0 saturated heterocycles. The molecule has 110 valence electrons. The molecule has 1 amide bonds. The second-order valence-electron chi connectivity index (χ2n) is 4.48. The number of carbonyl (C=O) groups is 1. The molecule has 0 aromatic heterocycles. The summed E-state index contributed by atoms with van der Waals surface area (Å²) in [6.45, 7) is 0.531. The number of nitrogens with two attached hydrogens (primary N) is 1. The average Bonchev–Trinajstić information content (AvgIpc) is 2.49. The SMILES string of the molecule is NCc1cccc(NC(=O)CCOc2ccccc2F)c1. The number of nitrogens with one attached hydrogen (secondary N) is 1. The van der Waals surface area contributed by atoms with E-state index < -0.39 is 5.82 Å². The second kappa shape index (κ2) is 7.40. The third kappa shape index (κ3) is 4.57. The molecule has 0 atom stereocenters. The van der Waals surface area contributed by atoms with E-state index in [0.29, 0.717) is 12.2 Å². The summed E-state index contributed by atoms with van der Waals surface area (Å²) in [6.07, 6.45) is 0.140. The maximum absolute atomic E-state index is 13.3. The van der Waals surface area contributed by atoms with Crippen LogP contribution in [0.4, 0.5) is 10.1 Å². The Labute approximate surface area is 122 Å². The van der Waals surface area contributed by atoms with Crippen molar-refractivity contribution in [1.29, 1.82) is 0 Å². The van der Waals surface area contributed by atoms with Crippen LogP contribution in [0.15, 0.2) is 48.5 Å². The van der Waals surface area contributed by atoms with Crippen LogP contribution >= 0.6 is 0 Å². The van der Waals surface area contributed by atoms with Gasteiger partial charge in [-0.05, 0) is 29.8 Å². The molecule has 3 N–H and O–H groups in total. The fourth-order valence-corrected chi connectivity index (χ4v) is 1.82. The Bertz CT molecular complexity index is 617. The smallest absolute Gasteiger partial charge is 0.227 e. The van der Waals surface area contributed by atoms with Crippen LogP contribution in [0.25, 0.3) is 0 Å². The Kier molecular flexibility index (Phi) is 5.29. The summed E-state index contributed by atoms with van der Waals surface area (Å²) < 4.78 is 18.5. The van der Waals surface area contributed by atoms with Crippen LogP contribution < -0.4 is 15.8 Å². The quantitative estimate of drug-likeness (QED) is 0.859. The first kappa shape index (κ1) is 15.0. The number of rotatable bonds is 6. The third-order valence-corrected chi connectivity index (χ3v) is 2.87. The molecule has 0 aliphatic rings. The van der Waals surface area contributed by atoms with E-state index in [9.17, 15) is 9.18 Å². The van der Waals surface area contributed by atoms with E-state index in [0.717, 1.165) is 5.56 Å². The van der Waals surface area contributed by atoms with Gasteiger partial charge in [0.05, 0.1) is 13.0 Å². The predicted molar refractivity (Wildman–Crippen MR) is 79.5 cm³/mol. The molecule has 0 unspecified atom stereocenters. The zero-order valence-corrected chi connectivity index (χ0v) is 11.5. The first-order chi connectivity index (χ1) is 10.2. The van der Waals surface area contributed by atoms with E-state index in [1.807, 2.05) is 18.2 Å². The molecular weight excluding hydrogens is 271 g/mol. The molecule has 0 radical (unpaired) electrons. The van der Waals surface area contributed by atoms with E-state index in [1.54, 1.807) is 18.2 Å². The van der Waals surface area contributed by atoms with E-state index in [2.05, 4.69) is 5.32 Å². The van der Waals surface area contributed by atoms with Gasteiger partial charge in [-0.25, -0.2) is 4.39 Å². The number of benzene rings is 2. The number of halogens is 1. The van der Waals surface area contributed by atoms with Crippen LogP contribution in [-0.2, 0) is 11.3 Å². The van der Waals surface area contributed by atoms with Gasteiger partial charge in [-0.1, -0.05) is 24.3 Å². The lowest BCUT2D eigenvalue weighted by molar-refractivity contribution is -0.116. The maximum atomic E-state index is 13.3. The van der Waals surface area contributed by atoms with Crippen molar-refractivity contribution in [1.82, 2.24) is 0 Å². The second-order valence-corrected chi connectivity index (χ2v) is 4.48. The van der Waals surface area contributed by atoms with Gasteiger partial charge in [-0.2, -0.15) is 0 Å². The summed E-state index contributed by atoms with van der Waals surface area (Å²) >= 11 is 0. The van der Waals surface area contributed by atoms with E-state index >= 15 is 0 Å². The van der Waals surface area contributed by atoms with Crippen molar-refractivity contribution in [3.05, 3.63) is 59.9 Å². The highest BCUT2D eigenvalue weighted by molar-refractivity contribution is 5.90. The lowest BCUT2D eigenvalue weighted by Crippen LogP contribution is -2.15. The lowest BCUT2D eigenvalue weighted by atomic mass is 10.2. The van der Waals surface area contributed by atoms with Gasteiger partial charge in [-0.3, -0.25) is 4.79 Å². The van der Waals surface area contributed by atoms with E-state index in [-0.39, 0.29) is 24.7 Å². The van der Waals surface area contributed by atoms with Crippen LogP contribution in [0.1, 0.15) is 12.0 Å². The minimum absolute atomic E-state index is 0.114. The van der Waals surface area contributed by atoms with Gasteiger partial charge < -0.3 is 15.8 Å². The topological polar surface area (TPSA) is 64.3 Å². The van der Waals surface area contributed by atoms with Gasteiger partial charge in [-0.15, -0.1) is 0 Å². The van der Waals surface area contributed by atoms with Crippen molar-refractivity contribution in [2.45, 2.75) is 13.0 Å². The lowest BCUT2D eigenvalue weighted by Gasteiger charge is -2.08. The fraction of sp³-hybridized carbons (Fsp3) is 0.188. The minimum Gasteiger partial charge on any atom is -0.490 e. The third-order valence-electron chi connectivity index (χ3n) is 2.87. The van der Waals surface area contributed by atoms with Crippen molar-refractivity contribution < 1.29 is 13.9 Å². The van der Waals surface area contributed by atoms with Crippen molar-refractivity contribution in [2.24, 2.45) is 5.73 Å². The molecule has 0 aliphatic carbocycles. The average molecular weight is 288 g/mol. The fourth-order valence-electron chi connectivity index (χ4n) is 1.82. The van der Waals surface area contributed by atoms with Gasteiger partial charge in [0.25, 0.3) is 0 Å². The first-order valence-corrected chi connectivity index (χ1v) is 6.65. The summed E-state index contributed by atoms with van der Waals surface area (Å²) in [4.78, 5) is 11.8. The van der Waals surface area contributed by atoms with E-state index in [1.165, 1.54) is 12.1 Å². The van der Waals surface area contributed by atoms with Gasteiger partial charge in [0, 0.05) is 12.2 Å². The van der Waals surface area contributed by atoms with Crippen molar-refractivity contribution >= 4 is 11.6 Å². The molecule has 0 spiro atoms. The normalized spacial score (nSPS) is 10.2. The molecule has 21 heavy (non-hydrogen) atoms. The van der Waals surface area contributed by atoms with Crippen LogP contribution in [0.5, 0.6) is 5.75 Å². The Morgan fingerprint density at radius 3 is 2.76 bits per heavy atom. The summed E-state index contributed by atoms with van der Waals surface area (Å²) in [5.74, 6) is -0.482. The Morgan fingerprint density at radius 2 is 2.00 bits per heavy atom. The summed E-state index contributed by atoms with van der Waals surface area (Å²) in [5, 5.41) is 2.75. The molecule has 0 fully saturated rings. The molecule has 2 rings (SSSR count). The van der Waals surface area contributed by atoms with Crippen LogP contribution in [-0.4, -0.2) is 12.5 Å². The number of ether oxygens (including phenoxy) is 1. The monoisotopic (exact) mass is 288 g/mol. The largest absolute Gasteiger partial charge is 0.490 e. The zero-order valence-electron chi connectivity index (χ0n) is 11.5. The molecule has 0 aliphatic heterocycles. The number of anilines is 1. The van der Waals surface area contributed by atoms with Gasteiger partial charge in [0.1, 0.15) is 0 Å². The Balaban J connectivity index is 1.81. The first-order valence-electron chi connectivity index (χ1n) is 6.65. The molecule has 2 aromatic carbocycles. The van der Waals surface area contributed by atoms with Crippen LogP contribution in [0.3, 0.4) is 0 Å². The van der Waals surface area contributed by atoms with Crippen molar-refractivity contribution in [3.8, 4) is 5.75 Å². The Morgan fingerprint density at radius 1 is 1.19 bits per heavy atom. The summed E-state index contributed by atoms with van der Waals surface area (Å²) in [6, 6.07) is 13.4. The molecule has 2 aromatic rings. The molecule has 0 saturated carbocycles. The zero-order chi connectivity index (χ0) is 15.1. The van der Waals surface area contributed by atoms with E-state index in [4.69, 9.17) is 10.5 Å². The number of amides is 1. The standard InChI is InChI=1S/C16H17FN2O2/c17-14-6-1-2-7-15(14)21-9-8-16(20)19-13-5-3-4-12(10-13)11-18/h1-7,10H,8-9,11,18H2,(H,19,20). The molecular formula is C16H17FN2O2. The van der Waals surface area contributed by atoms with Crippen LogP contribution in [0, 0.1) is 5.82 Å². The molecule has 5 heteroatoms. The molecule has 4 nitrogen and oxygen atoms in total. The maximum Gasteiger partial charge on any atom is 0.227 e. The summed E-state index contributed by atoms with van der Waals surface area (Å²) in [7, 11) is 0. The number of para-hydroxylation sites is 1. The summed E-state index contributed by atoms with van der Waals surface area (Å²) in [5.41, 5.74) is 7.17. The molecule has 0 bridgehead atoms. The molecule has 0 heterocycles. The predicted octanol–water partition coefficient (Wildman–Crippen LogP) is 2.69. The Hall–Kier alpha value is -2.40. The number of hydrogen-bond acceptors (Lipinski definition) is 3. The van der Waals surface area contributed by atoms with Gasteiger partial charge >= 0.3 is 0 Å². The van der Waals surface area contributed by atoms with Crippen molar-refractivity contribution in [2.75, 3.05) is 11.9 Å². The highest BCUT2D eigenvalue weighted by Crippen LogP contribution is 2.15.